The first kappa shape index (κ1) is 14.9. The summed E-state index contributed by atoms with van der Waals surface area (Å²) in [7, 11) is 0. The molecular weight excluding hydrogens is 282 g/mol. The van der Waals surface area contributed by atoms with Gasteiger partial charge in [0.2, 0.25) is 0 Å². The van der Waals surface area contributed by atoms with E-state index >= 15 is 0 Å². The van der Waals surface area contributed by atoms with Crippen molar-refractivity contribution in [3.05, 3.63) is 29.0 Å². The van der Waals surface area contributed by atoms with Crippen LogP contribution in [0.2, 0.25) is 5.02 Å². The highest BCUT2D eigenvalue weighted by molar-refractivity contribution is 6.31. The van der Waals surface area contributed by atoms with Crippen LogP contribution in [0.3, 0.4) is 0 Å². The third-order valence-corrected chi connectivity index (χ3v) is 4.82. The van der Waals surface area contributed by atoms with Crippen LogP contribution >= 0.6 is 11.6 Å². The van der Waals surface area contributed by atoms with Crippen LogP contribution in [0, 0.1) is 0 Å². The van der Waals surface area contributed by atoms with Gasteiger partial charge in [-0.25, -0.2) is 4.98 Å². The van der Waals surface area contributed by atoms with Crippen molar-refractivity contribution in [2.24, 2.45) is 5.73 Å². The fourth-order valence-electron chi connectivity index (χ4n) is 3.51. The molecule has 2 unspecified atom stereocenters. The number of rotatable bonds is 3. The first-order valence-electron chi connectivity index (χ1n) is 8.12. The summed E-state index contributed by atoms with van der Waals surface area (Å²) in [5, 5.41) is 0.775. The Kier molecular flexibility index (Phi) is 4.51. The number of aromatic nitrogens is 2. The molecule has 0 amide bonds. The summed E-state index contributed by atoms with van der Waals surface area (Å²) in [6, 6.07) is 6.21. The molecule has 0 radical (unpaired) electrons. The van der Waals surface area contributed by atoms with Crippen molar-refractivity contribution in [1.82, 2.24) is 9.55 Å². The summed E-state index contributed by atoms with van der Waals surface area (Å²) in [4.78, 5) is 4.91. The molecule has 0 spiro atoms. The smallest absolute Gasteiger partial charge is 0.114 e. The Labute approximate surface area is 131 Å². The molecule has 1 aliphatic carbocycles. The number of imidazole rings is 1. The molecule has 3 rings (SSSR count). The molecule has 3 nitrogen and oxygen atoms in total. The molecule has 1 heterocycles. The quantitative estimate of drug-likeness (QED) is 0.850. The zero-order chi connectivity index (χ0) is 14.8. The molecule has 4 heteroatoms. The summed E-state index contributed by atoms with van der Waals surface area (Å²) in [5.74, 6) is 1.55. The van der Waals surface area contributed by atoms with Gasteiger partial charge in [-0.3, -0.25) is 0 Å². The van der Waals surface area contributed by atoms with Crippen LogP contribution in [0.1, 0.15) is 57.2 Å². The topological polar surface area (TPSA) is 43.8 Å². The number of hydrogen-bond acceptors (Lipinski definition) is 2. The molecule has 114 valence electrons. The average molecular weight is 306 g/mol. The summed E-state index contributed by atoms with van der Waals surface area (Å²) < 4.78 is 2.34. The van der Waals surface area contributed by atoms with Crippen molar-refractivity contribution >= 4 is 22.6 Å². The molecule has 0 aliphatic heterocycles. The second-order valence-electron chi connectivity index (χ2n) is 6.16. The van der Waals surface area contributed by atoms with E-state index in [0.29, 0.717) is 5.92 Å². The maximum atomic E-state index is 6.45. The summed E-state index contributed by atoms with van der Waals surface area (Å²) in [6.45, 7) is 3.18. The Balaban J connectivity index is 2.09. The second-order valence-corrected chi connectivity index (χ2v) is 6.60. The monoisotopic (exact) mass is 305 g/mol. The maximum Gasteiger partial charge on any atom is 0.114 e. The Morgan fingerprint density at radius 1 is 1.29 bits per heavy atom. The molecule has 0 saturated heterocycles. The fraction of sp³-hybridized carbons (Fsp3) is 0.588. The van der Waals surface area contributed by atoms with Crippen LogP contribution in [0.4, 0.5) is 0 Å². The van der Waals surface area contributed by atoms with Gasteiger partial charge in [0.1, 0.15) is 5.82 Å². The first-order chi connectivity index (χ1) is 10.2. The third kappa shape index (κ3) is 2.95. The van der Waals surface area contributed by atoms with Crippen molar-refractivity contribution in [2.75, 3.05) is 0 Å². The molecule has 1 saturated carbocycles. The van der Waals surface area contributed by atoms with Crippen LogP contribution in [0.15, 0.2) is 18.2 Å². The fourth-order valence-corrected chi connectivity index (χ4v) is 3.68. The lowest BCUT2D eigenvalue weighted by Gasteiger charge is -2.22. The summed E-state index contributed by atoms with van der Waals surface area (Å²) in [5.41, 5.74) is 8.64. The van der Waals surface area contributed by atoms with E-state index in [-0.39, 0.29) is 6.04 Å². The van der Waals surface area contributed by atoms with Gasteiger partial charge >= 0.3 is 0 Å². The van der Waals surface area contributed by atoms with Gasteiger partial charge in [-0.1, -0.05) is 37.8 Å². The van der Waals surface area contributed by atoms with Gasteiger partial charge in [-0.05, 0) is 37.5 Å². The van der Waals surface area contributed by atoms with Crippen LogP contribution in [0.25, 0.3) is 11.0 Å². The van der Waals surface area contributed by atoms with Crippen molar-refractivity contribution in [3.8, 4) is 0 Å². The number of halogens is 1. The van der Waals surface area contributed by atoms with E-state index in [1.54, 1.807) is 0 Å². The average Bonchev–Trinajstić information content (AvgIpc) is 2.66. The van der Waals surface area contributed by atoms with Gasteiger partial charge in [0.25, 0.3) is 0 Å². The highest BCUT2D eigenvalue weighted by Gasteiger charge is 2.27. The molecule has 1 fully saturated rings. The van der Waals surface area contributed by atoms with E-state index < -0.39 is 0 Å². The second kappa shape index (κ2) is 6.37. The molecule has 1 aliphatic rings. The standard InChI is InChI=1S/C17H24ClN3/c1-2-10-21-16-11-12(18)8-9-15(16)20-17(21)13-6-4-3-5-7-14(13)19/h8-9,11,13-14H,2-7,10,19H2,1H3. The van der Waals surface area contributed by atoms with E-state index in [2.05, 4.69) is 11.5 Å². The van der Waals surface area contributed by atoms with Crippen LogP contribution in [-0.2, 0) is 6.54 Å². The highest BCUT2D eigenvalue weighted by atomic mass is 35.5. The molecule has 0 bridgehead atoms. The van der Waals surface area contributed by atoms with E-state index in [1.807, 2.05) is 18.2 Å². The lowest BCUT2D eigenvalue weighted by atomic mass is 9.94. The van der Waals surface area contributed by atoms with E-state index in [4.69, 9.17) is 22.3 Å². The van der Waals surface area contributed by atoms with Gasteiger partial charge in [0.15, 0.2) is 0 Å². The van der Waals surface area contributed by atoms with Gasteiger partial charge in [0.05, 0.1) is 11.0 Å². The van der Waals surface area contributed by atoms with E-state index in [9.17, 15) is 0 Å². The zero-order valence-electron chi connectivity index (χ0n) is 12.7. The van der Waals surface area contributed by atoms with Gasteiger partial charge < -0.3 is 10.3 Å². The van der Waals surface area contributed by atoms with Crippen LogP contribution in [-0.4, -0.2) is 15.6 Å². The number of aryl methyl sites for hydroxylation is 1. The Morgan fingerprint density at radius 3 is 2.90 bits per heavy atom. The maximum absolute atomic E-state index is 6.45. The minimum Gasteiger partial charge on any atom is -0.328 e. The van der Waals surface area contributed by atoms with Crippen molar-refractivity contribution in [3.63, 3.8) is 0 Å². The molecule has 2 aromatic rings. The molecule has 1 aromatic carbocycles. The molecule has 2 atom stereocenters. The predicted octanol–water partition coefficient (Wildman–Crippen LogP) is 4.47. The summed E-state index contributed by atoms with van der Waals surface area (Å²) >= 11 is 6.17. The lowest BCUT2D eigenvalue weighted by molar-refractivity contribution is 0.463. The van der Waals surface area contributed by atoms with Gasteiger partial charge in [-0.15, -0.1) is 0 Å². The lowest BCUT2D eigenvalue weighted by Crippen LogP contribution is -2.29. The third-order valence-electron chi connectivity index (χ3n) is 4.59. The van der Waals surface area contributed by atoms with Gasteiger partial charge in [0, 0.05) is 23.5 Å². The zero-order valence-corrected chi connectivity index (χ0v) is 13.4. The molecule has 21 heavy (non-hydrogen) atoms. The largest absolute Gasteiger partial charge is 0.328 e. The summed E-state index contributed by atoms with van der Waals surface area (Å²) in [6.07, 6.45) is 7.16. The first-order valence-corrected chi connectivity index (χ1v) is 8.49. The molecular formula is C17H24ClN3. The Hall–Kier alpha value is -1.06. The number of benzene rings is 1. The van der Waals surface area contributed by atoms with Crippen LogP contribution < -0.4 is 5.73 Å². The van der Waals surface area contributed by atoms with Crippen molar-refractivity contribution in [2.45, 2.75) is 64.0 Å². The Bertz CT molecular complexity index is 620. The Morgan fingerprint density at radius 2 is 2.10 bits per heavy atom. The van der Waals surface area contributed by atoms with Crippen LogP contribution in [0.5, 0.6) is 0 Å². The SMILES string of the molecule is CCCn1c(C2CCCCCC2N)nc2ccc(Cl)cc21. The van der Waals surface area contributed by atoms with Crippen molar-refractivity contribution < 1.29 is 0 Å². The number of hydrogen-bond donors (Lipinski definition) is 1. The minimum atomic E-state index is 0.232. The number of nitrogens with zero attached hydrogens (tertiary/aromatic N) is 2. The van der Waals surface area contributed by atoms with Crippen molar-refractivity contribution in [1.29, 1.82) is 0 Å². The highest BCUT2D eigenvalue weighted by Crippen LogP contribution is 2.33. The predicted molar refractivity (Wildman–Crippen MR) is 88.8 cm³/mol. The van der Waals surface area contributed by atoms with E-state index in [1.165, 1.54) is 25.1 Å². The normalized spacial score (nSPS) is 23.4. The minimum absolute atomic E-state index is 0.232. The number of fused-ring (bicyclic) bond motifs is 1. The van der Waals surface area contributed by atoms with E-state index in [0.717, 1.165) is 41.9 Å². The molecule has 1 aromatic heterocycles. The van der Waals surface area contributed by atoms with Gasteiger partial charge in [-0.2, -0.15) is 0 Å². The molecule has 2 N–H and O–H groups in total. The number of nitrogens with two attached hydrogens (primary N) is 1.